The molecule has 1 heterocycles. The smallest absolute Gasteiger partial charge is 0.396 e. The number of para-hydroxylation sites is 1. The fraction of sp³-hybridized carbons (Fsp3) is 0.619. The number of piperazine rings is 1. The molecule has 1 aliphatic heterocycles. The molecule has 1 N–H and O–H groups in total. The van der Waals surface area contributed by atoms with E-state index >= 15 is 0 Å². The molecule has 0 bridgehead atoms. The Kier molecular flexibility index (Phi) is 6.72. The highest BCUT2D eigenvalue weighted by Crippen LogP contribution is 2.34. The molecule has 6 heteroatoms. The summed E-state index contributed by atoms with van der Waals surface area (Å²) in [6.45, 7) is 6.37. The minimum atomic E-state index is -0.780. The Bertz CT molecular complexity index is 621. The van der Waals surface area contributed by atoms with Crippen molar-refractivity contribution in [2.75, 3.05) is 44.2 Å². The molecule has 0 atom stereocenters. The van der Waals surface area contributed by atoms with Crippen LogP contribution in [0.25, 0.3) is 0 Å². The average Bonchev–Trinajstić information content (AvgIpc) is 2.73. The van der Waals surface area contributed by atoms with Crippen LogP contribution >= 0.6 is 0 Å². The van der Waals surface area contributed by atoms with Gasteiger partial charge in [-0.2, -0.15) is 0 Å². The predicted molar refractivity (Wildman–Crippen MR) is 106 cm³/mol. The van der Waals surface area contributed by atoms with Crippen molar-refractivity contribution in [2.24, 2.45) is 0 Å². The van der Waals surface area contributed by atoms with Gasteiger partial charge < -0.3 is 15.0 Å². The molecular weight excluding hydrogens is 342 g/mol. The summed E-state index contributed by atoms with van der Waals surface area (Å²) < 4.78 is 4.81. The molecule has 148 valence electrons. The highest BCUT2D eigenvalue weighted by Gasteiger charge is 2.40. The van der Waals surface area contributed by atoms with Gasteiger partial charge in [0.15, 0.2) is 0 Å². The third kappa shape index (κ3) is 4.80. The van der Waals surface area contributed by atoms with E-state index in [1.807, 2.05) is 6.07 Å². The molecule has 0 radical (unpaired) electrons. The van der Waals surface area contributed by atoms with Gasteiger partial charge in [-0.15, -0.1) is 0 Å². The number of carbonyl (C=O) groups is 2. The van der Waals surface area contributed by atoms with Gasteiger partial charge in [-0.25, -0.2) is 4.79 Å². The van der Waals surface area contributed by atoms with Gasteiger partial charge in [0.1, 0.15) is 0 Å². The number of esters is 1. The number of benzene rings is 1. The fourth-order valence-corrected chi connectivity index (χ4v) is 4.41. The van der Waals surface area contributed by atoms with Crippen LogP contribution in [0.3, 0.4) is 0 Å². The second-order valence-corrected chi connectivity index (χ2v) is 7.50. The highest BCUT2D eigenvalue weighted by atomic mass is 16.5. The molecule has 2 fully saturated rings. The molecule has 2 aliphatic rings. The summed E-state index contributed by atoms with van der Waals surface area (Å²) in [5.41, 5.74) is 1.23. The third-order valence-electron chi connectivity index (χ3n) is 5.89. The van der Waals surface area contributed by atoms with Crippen LogP contribution in [-0.2, 0) is 14.3 Å². The van der Waals surface area contributed by atoms with E-state index in [-0.39, 0.29) is 12.1 Å². The summed E-state index contributed by atoms with van der Waals surface area (Å²) >= 11 is 0. The van der Waals surface area contributed by atoms with Crippen molar-refractivity contribution in [3.63, 3.8) is 0 Å². The number of hydrogen-bond acceptors (Lipinski definition) is 5. The van der Waals surface area contributed by atoms with Crippen LogP contribution in [0.15, 0.2) is 30.3 Å². The number of nitrogens with zero attached hydrogens (tertiary/aromatic N) is 2. The number of hydrogen-bond donors (Lipinski definition) is 1. The molecule has 6 nitrogen and oxygen atoms in total. The maximum Gasteiger partial charge on any atom is 0.396 e. The van der Waals surface area contributed by atoms with E-state index in [2.05, 4.69) is 39.4 Å². The summed E-state index contributed by atoms with van der Waals surface area (Å²) in [5, 5.41) is 2.85. The molecule has 1 aliphatic carbocycles. The lowest BCUT2D eigenvalue weighted by Gasteiger charge is -2.50. The first-order valence-corrected chi connectivity index (χ1v) is 10.1. The van der Waals surface area contributed by atoms with Gasteiger partial charge in [0, 0.05) is 44.0 Å². The molecule has 1 saturated carbocycles. The Labute approximate surface area is 161 Å². The maximum absolute atomic E-state index is 12.0. The van der Waals surface area contributed by atoms with Crippen LogP contribution in [0, 0.1) is 0 Å². The van der Waals surface area contributed by atoms with Gasteiger partial charge in [-0.3, -0.25) is 9.69 Å². The quantitative estimate of drug-likeness (QED) is 0.633. The van der Waals surface area contributed by atoms with Crippen LogP contribution in [0.5, 0.6) is 0 Å². The van der Waals surface area contributed by atoms with Crippen molar-refractivity contribution < 1.29 is 14.3 Å². The number of anilines is 1. The Hall–Kier alpha value is -2.08. The molecule has 0 spiro atoms. The van der Waals surface area contributed by atoms with Gasteiger partial charge in [-0.05, 0) is 31.9 Å². The molecule has 0 unspecified atom stereocenters. The standard InChI is InChI=1S/C21H31N3O3/c1-2-27-20(26)19(25)22-17-21(11-7-4-8-12-21)24-15-13-23(14-16-24)18-9-5-3-6-10-18/h3,5-6,9-10H,2,4,7-8,11-17H2,1H3,(H,22,25). The summed E-state index contributed by atoms with van der Waals surface area (Å²) in [6.07, 6.45) is 5.74. The SMILES string of the molecule is CCOC(=O)C(=O)NCC1(N2CCN(c3ccccc3)CC2)CCCCC1. The number of amides is 1. The number of ether oxygens (including phenoxy) is 1. The summed E-state index contributed by atoms with van der Waals surface area (Å²) in [7, 11) is 0. The lowest BCUT2D eigenvalue weighted by molar-refractivity contribution is -0.154. The van der Waals surface area contributed by atoms with Crippen molar-refractivity contribution in [2.45, 2.75) is 44.6 Å². The van der Waals surface area contributed by atoms with E-state index in [1.165, 1.54) is 24.9 Å². The Balaban J connectivity index is 1.61. The first-order chi connectivity index (χ1) is 13.1. The lowest BCUT2D eigenvalue weighted by Crippen LogP contribution is -2.62. The Morgan fingerprint density at radius 2 is 1.70 bits per heavy atom. The van der Waals surface area contributed by atoms with Gasteiger partial charge in [-0.1, -0.05) is 37.5 Å². The molecule has 1 amide bonds. The van der Waals surface area contributed by atoms with Crippen molar-refractivity contribution in [1.82, 2.24) is 10.2 Å². The Morgan fingerprint density at radius 1 is 1.04 bits per heavy atom. The topological polar surface area (TPSA) is 61.9 Å². The Morgan fingerprint density at radius 3 is 2.33 bits per heavy atom. The largest absolute Gasteiger partial charge is 0.459 e. The van der Waals surface area contributed by atoms with E-state index in [4.69, 9.17) is 4.74 Å². The van der Waals surface area contributed by atoms with E-state index < -0.39 is 11.9 Å². The van der Waals surface area contributed by atoms with Crippen LogP contribution in [0.1, 0.15) is 39.0 Å². The minimum Gasteiger partial charge on any atom is -0.459 e. The summed E-state index contributed by atoms with van der Waals surface area (Å²) in [6, 6.07) is 10.5. The van der Waals surface area contributed by atoms with Crippen molar-refractivity contribution in [3.8, 4) is 0 Å². The normalized spacial score (nSPS) is 20.1. The molecule has 1 saturated heterocycles. The zero-order valence-corrected chi connectivity index (χ0v) is 16.3. The van der Waals surface area contributed by atoms with Crippen LogP contribution in [-0.4, -0.2) is 61.6 Å². The number of rotatable bonds is 5. The van der Waals surface area contributed by atoms with E-state index in [0.29, 0.717) is 6.54 Å². The molecule has 1 aromatic carbocycles. The number of carbonyl (C=O) groups excluding carboxylic acids is 2. The van der Waals surface area contributed by atoms with Gasteiger partial charge >= 0.3 is 11.9 Å². The molecule has 0 aromatic heterocycles. The van der Waals surface area contributed by atoms with E-state index in [9.17, 15) is 9.59 Å². The first kappa shape index (κ1) is 19.7. The second kappa shape index (κ2) is 9.22. The molecule has 27 heavy (non-hydrogen) atoms. The summed E-state index contributed by atoms with van der Waals surface area (Å²) in [4.78, 5) is 28.6. The van der Waals surface area contributed by atoms with Gasteiger partial charge in [0.05, 0.1) is 6.61 Å². The number of nitrogens with one attached hydrogen (secondary N) is 1. The maximum atomic E-state index is 12.0. The predicted octanol–water partition coefficient (Wildman–Crippen LogP) is 2.19. The van der Waals surface area contributed by atoms with Crippen LogP contribution in [0.2, 0.25) is 0 Å². The highest BCUT2D eigenvalue weighted by molar-refractivity contribution is 6.32. The second-order valence-electron chi connectivity index (χ2n) is 7.50. The van der Waals surface area contributed by atoms with Gasteiger partial charge in [0.25, 0.3) is 0 Å². The summed E-state index contributed by atoms with van der Waals surface area (Å²) in [5.74, 6) is -1.40. The first-order valence-electron chi connectivity index (χ1n) is 10.1. The van der Waals surface area contributed by atoms with Crippen molar-refractivity contribution >= 4 is 17.6 Å². The van der Waals surface area contributed by atoms with Crippen molar-refractivity contribution in [3.05, 3.63) is 30.3 Å². The van der Waals surface area contributed by atoms with Crippen LogP contribution in [0.4, 0.5) is 5.69 Å². The van der Waals surface area contributed by atoms with Crippen molar-refractivity contribution in [1.29, 1.82) is 0 Å². The fourth-order valence-electron chi connectivity index (χ4n) is 4.41. The monoisotopic (exact) mass is 373 g/mol. The lowest BCUT2D eigenvalue weighted by atomic mass is 9.79. The average molecular weight is 373 g/mol. The van der Waals surface area contributed by atoms with Gasteiger partial charge in [0.2, 0.25) is 0 Å². The molecule has 1 aromatic rings. The van der Waals surface area contributed by atoms with E-state index in [0.717, 1.165) is 39.0 Å². The minimum absolute atomic E-state index is 0.0385. The molecular formula is C21H31N3O3. The van der Waals surface area contributed by atoms with Crippen LogP contribution < -0.4 is 10.2 Å². The van der Waals surface area contributed by atoms with E-state index in [1.54, 1.807) is 6.92 Å². The molecule has 3 rings (SSSR count). The zero-order valence-electron chi connectivity index (χ0n) is 16.3. The zero-order chi connectivity index (χ0) is 19.1. The third-order valence-corrected chi connectivity index (χ3v) is 5.89.